The van der Waals surface area contributed by atoms with E-state index in [1.807, 2.05) is 41.4 Å². The summed E-state index contributed by atoms with van der Waals surface area (Å²) < 4.78 is 20.4. The number of H-pyrrole nitrogens is 1. The van der Waals surface area contributed by atoms with Gasteiger partial charge in [0.1, 0.15) is 11.9 Å². The van der Waals surface area contributed by atoms with E-state index in [2.05, 4.69) is 10.3 Å². The number of nitrogens with two attached hydrogens (primary N) is 1. The first-order valence-corrected chi connectivity index (χ1v) is 12.4. The van der Waals surface area contributed by atoms with Crippen molar-refractivity contribution in [2.24, 2.45) is 5.73 Å². The highest BCUT2D eigenvalue weighted by Gasteiger charge is 2.33. The molecule has 0 unspecified atom stereocenters. The molecule has 0 radical (unpaired) electrons. The summed E-state index contributed by atoms with van der Waals surface area (Å²) in [6, 6.07) is 12.6. The Hall–Kier alpha value is -4.12. The van der Waals surface area contributed by atoms with Gasteiger partial charge in [0.25, 0.3) is 0 Å². The summed E-state index contributed by atoms with van der Waals surface area (Å²) in [6.07, 6.45) is 4.30. The van der Waals surface area contributed by atoms with Crippen molar-refractivity contribution in [2.75, 3.05) is 49.1 Å². The van der Waals surface area contributed by atoms with Gasteiger partial charge in [-0.05, 0) is 48.1 Å². The van der Waals surface area contributed by atoms with Crippen LogP contribution in [-0.2, 0) is 9.53 Å². The second-order valence-electron chi connectivity index (χ2n) is 8.93. The molecule has 37 heavy (non-hydrogen) atoms. The lowest BCUT2D eigenvalue weighted by molar-refractivity contribution is -0.126. The van der Waals surface area contributed by atoms with Gasteiger partial charge in [-0.2, -0.15) is 0 Å². The number of aromatic nitrogens is 1. The number of fused-ring (bicyclic) bond motifs is 1. The van der Waals surface area contributed by atoms with E-state index >= 15 is 4.39 Å². The maximum absolute atomic E-state index is 15.1. The summed E-state index contributed by atoms with van der Waals surface area (Å²) in [5, 5.41) is 3.95. The minimum absolute atomic E-state index is 0.0762. The quantitative estimate of drug-likeness (QED) is 0.338. The normalized spacial score (nSPS) is 18.0. The highest BCUT2D eigenvalue weighted by Crippen LogP contribution is 2.28. The van der Waals surface area contributed by atoms with Crippen LogP contribution < -0.4 is 20.9 Å². The number of aromatic amines is 1. The molecule has 1 aromatic heterocycles. The Labute approximate surface area is 218 Å². The number of para-hydroxylation sites is 1. The molecule has 2 saturated heterocycles. The Morgan fingerprint density at radius 2 is 2.00 bits per heavy atom. The molecule has 2 amide bonds. The molecule has 2 aliphatic heterocycles. The van der Waals surface area contributed by atoms with Crippen molar-refractivity contribution in [3.05, 3.63) is 66.1 Å². The molecule has 5 rings (SSSR count). The number of rotatable bonds is 6. The van der Waals surface area contributed by atoms with Gasteiger partial charge >= 0.3 is 6.09 Å². The molecule has 9 nitrogen and oxygen atoms in total. The third-order valence-corrected chi connectivity index (χ3v) is 6.72. The summed E-state index contributed by atoms with van der Waals surface area (Å²) in [6.45, 7) is 2.52. The SMILES string of the molecule is NC(=S)NC[C@H]1CN(c2ccc(N3CCN(C(=O)C=Cc4c[nH]c5ccccc45)CC3)c(F)c2)C(=O)O1. The van der Waals surface area contributed by atoms with Crippen molar-refractivity contribution in [3.8, 4) is 0 Å². The van der Waals surface area contributed by atoms with Crippen molar-refractivity contribution in [1.82, 2.24) is 15.2 Å². The molecule has 192 valence electrons. The number of benzene rings is 2. The standard InChI is InChI=1S/C26H27FN6O3S/c27-21-13-18(33-16-19(36-26(33)35)15-30-25(28)37)6-7-23(21)31-9-11-32(12-10-31)24(34)8-5-17-14-29-22-4-2-1-3-20(17)22/h1-8,13-14,19,29H,9-12,15-16H2,(H3,28,30,37)/t19-/m0/s1. The van der Waals surface area contributed by atoms with Gasteiger partial charge in [0, 0.05) is 49.4 Å². The number of thiocarbonyl (C=S) groups is 1. The fourth-order valence-electron chi connectivity index (χ4n) is 4.64. The number of halogens is 1. The fourth-order valence-corrected chi connectivity index (χ4v) is 4.72. The number of hydrogen-bond acceptors (Lipinski definition) is 5. The van der Waals surface area contributed by atoms with Gasteiger partial charge in [-0.15, -0.1) is 0 Å². The Morgan fingerprint density at radius 1 is 1.22 bits per heavy atom. The minimum atomic E-state index is -0.547. The smallest absolute Gasteiger partial charge is 0.414 e. The molecule has 0 bridgehead atoms. The molecule has 3 heterocycles. The molecular formula is C26H27FN6O3S. The topological polar surface area (TPSA) is 107 Å². The molecule has 0 aliphatic carbocycles. The summed E-state index contributed by atoms with van der Waals surface area (Å²) in [5.74, 6) is -0.512. The maximum Gasteiger partial charge on any atom is 0.414 e. The van der Waals surface area contributed by atoms with E-state index in [0.717, 1.165) is 16.5 Å². The van der Waals surface area contributed by atoms with Crippen LogP contribution in [0, 0.1) is 5.82 Å². The Bertz CT molecular complexity index is 1370. The van der Waals surface area contributed by atoms with Crippen LogP contribution in [0.1, 0.15) is 5.56 Å². The van der Waals surface area contributed by atoms with E-state index in [0.29, 0.717) is 37.6 Å². The highest BCUT2D eigenvalue weighted by atomic mass is 32.1. The number of nitrogens with zero attached hydrogens (tertiary/aromatic N) is 3. The first-order valence-electron chi connectivity index (χ1n) is 12.0. The van der Waals surface area contributed by atoms with Crippen LogP contribution in [0.3, 0.4) is 0 Å². The first-order chi connectivity index (χ1) is 17.9. The highest BCUT2D eigenvalue weighted by molar-refractivity contribution is 7.80. The number of anilines is 2. The van der Waals surface area contributed by atoms with Crippen LogP contribution >= 0.6 is 12.2 Å². The average Bonchev–Trinajstić information content (AvgIpc) is 3.49. The maximum atomic E-state index is 15.1. The summed E-state index contributed by atoms with van der Waals surface area (Å²) in [5.41, 5.74) is 8.25. The number of hydrogen-bond donors (Lipinski definition) is 3. The lowest BCUT2D eigenvalue weighted by Crippen LogP contribution is -2.48. The van der Waals surface area contributed by atoms with E-state index in [4.69, 9.17) is 22.7 Å². The Morgan fingerprint density at radius 3 is 2.76 bits per heavy atom. The second kappa shape index (κ2) is 10.5. The molecule has 2 aliphatic rings. The molecule has 0 spiro atoms. The number of carbonyl (C=O) groups excluding carboxylic acids is 2. The van der Waals surface area contributed by atoms with Crippen LogP contribution in [0.15, 0.2) is 54.7 Å². The monoisotopic (exact) mass is 522 g/mol. The molecule has 11 heteroatoms. The number of carbonyl (C=O) groups is 2. The van der Waals surface area contributed by atoms with Gasteiger partial charge in [-0.1, -0.05) is 18.2 Å². The number of piperazine rings is 1. The zero-order valence-corrected chi connectivity index (χ0v) is 20.8. The van der Waals surface area contributed by atoms with Crippen LogP contribution in [0.2, 0.25) is 0 Å². The minimum Gasteiger partial charge on any atom is -0.442 e. The second-order valence-corrected chi connectivity index (χ2v) is 9.37. The van der Waals surface area contributed by atoms with Gasteiger partial charge in [0.2, 0.25) is 5.91 Å². The van der Waals surface area contributed by atoms with E-state index in [1.54, 1.807) is 23.1 Å². The zero-order valence-electron chi connectivity index (χ0n) is 20.0. The zero-order chi connectivity index (χ0) is 25.9. The van der Waals surface area contributed by atoms with Gasteiger partial charge in [0.15, 0.2) is 5.11 Å². The third-order valence-electron chi connectivity index (χ3n) is 6.58. The Kier molecular flexibility index (Phi) is 6.95. The molecule has 2 aromatic carbocycles. The molecule has 3 aromatic rings. The summed E-state index contributed by atoms with van der Waals surface area (Å²) >= 11 is 4.77. The third kappa shape index (κ3) is 5.36. The summed E-state index contributed by atoms with van der Waals surface area (Å²) in [4.78, 5) is 33.2. The number of ether oxygens (including phenoxy) is 1. The Balaban J connectivity index is 1.17. The van der Waals surface area contributed by atoms with Crippen LogP contribution in [-0.4, -0.2) is 72.4 Å². The van der Waals surface area contributed by atoms with Gasteiger partial charge < -0.3 is 30.6 Å². The van der Waals surface area contributed by atoms with Crippen molar-refractivity contribution in [1.29, 1.82) is 0 Å². The van der Waals surface area contributed by atoms with Crippen molar-refractivity contribution < 1.29 is 18.7 Å². The number of cyclic esters (lactones) is 1. The molecular weight excluding hydrogens is 495 g/mol. The van der Waals surface area contributed by atoms with Crippen molar-refractivity contribution >= 4 is 57.7 Å². The largest absolute Gasteiger partial charge is 0.442 e. The molecule has 2 fully saturated rings. The van der Waals surface area contributed by atoms with Gasteiger partial charge in [-0.3, -0.25) is 9.69 Å². The van der Waals surface area contributed by atoms with Crippen molar-refractivity contribution in [3.63, 3.8) is 0 Å². The first kappa shape index (κ1) is 24.6. The van der Waals surface area contributed by atoms with E-state index in [9.17, 15) is 9.59 Å². The van der Waals surface area contributed by atoms with E-state index in [-0.39, 0.29) is 24.1 Å². The van der Waals surface area contributed by atoms with Crippen LogP contribution in [0.25, 0.3) is 17.0 Å². The molecule has 0 saturated carbocycles. The number of amides is 2. The number of nitrogens with one attached hydrogen (secondary N) is 2. The predicted molar refractivity (Wildman–Crippen MR) is 145 cm³/mol. The van der Waals surface area contributed by atoms with Crippen molar-refractivity contribution in [2.45, 2.75) is 6.10 Å². The lowest BCUT2D eigenvalue weighted by atomic mass is 10.1. The van der Waals surface area contributed by atoms with E-state index in [1.165, 1.54) is 11.0 Å². The molecule has 4 N–H and O–H groups in total. The van der Waals surface area contributed by atoms with E-state index < -0.39 is 18.0 Å². The van der Waals surface area contributed by atoms with Crippen LogP contribution in [0.4, 0.5) is 20.6 Å². The molecule has 1 atom stereocenters. The lowest BCUT2D eigenvalue weighted by Gasteiger charge is -2.36. The van der Waals surface area contributed by atoms with Gasteiger partial charge in [-0.25, -0.2) is 9.18 Å². The predicted octanol–water partition coefficient (Wildman–Crippen LogP) is 2.83. The summed E-state index contributed by atoms with van der Waals surface area (Å²) in [7, 11) is 0. The fraction of sp³-hybridized carbons (Fsp3) is 0.269. The average molecular weight is 523 g/mol. The van der Waals surface area contributed by atoms with Gasteiger partial charge in [0.05, 0.1) is 24.5 Å². The van der Waals surface area contributed by atoms with Crippen LogP contribution in [0.5, 0.6) is 0 Å².